The summed E-state index contributed by atoms with van der Waals surface area (Å²) < 4.78 is 0. The van der Waals surface area contributed by atoms with Crippen LogP contribution in [0.5, 0.6) is 0 Å². The van der Waals surface area contributed by atoms with Crippen molar-refractivity contribution in [3.63, 3.8) is 0 Å². The summed E-state index contributed by atoms with van der Waals surface area (Å²) in [4.78, 5) is 11.7. The molecule has 0 atom stereocenters. The van der Waals surface area contributed by atoms with Crippen molar-refractivity contribution in [2.45, 2.75) is 0 Å². The van der Waals surface area contributed by atoms with Gasteiger partial charge in [-0.05, 0) is 21.1 Å². The Morgan fingerprint density at radius 1 is 1.40 bits per heavy atom. The summed E-state index contributed by atoms with van der Waals surface area (Å²) in [5, 5.41) is 2.98. The number of carbonyl (C=O) groups excluding carboxylic acids is 1. The number of aldehydes is 1. The van der Waals surface area contributed by atoms with Gasteiger partial charge in [-0.25, -0.2) is 0 Å². The predicted octanol–water partition coefficient (Wildman–Crippen LogP) is -0.417. The van der Waals surface area contributed by atoms with Crippen LogP contribution in [0.1, 0.15) is 0 Å². The Kier molecular flexibility index (Phi) is 5.16. The number of hydrogen-bond donors (Lipinski definition) is 1. The molecule has 0 bridgehead atoms. The van der Waals surface area contributed by atoms with Crippen LogP contribution in [0.2, 0.25) is 0 Å². The van der Waals surface area contributed by atoms with Crippen molar-refractivity contribution in [3.8, 4) is 0 Å². The third kappa shape index (κ3) is 5.72. The molecular formula is C7H16N2O. The zero-order valence-corrected chi connectivity index (χ0v) is 6.92. The molecule has 1 rings (SSSR count). The summed E-state index contributed by atoms with van der Waals surface area (Å²) in [6, 6.07) is 0. The molecule has 60 valence electrons. The molecule has 0 saturated carbocycles. The molecule has 1 heterocycles. The van der Waals surface area contributed by atoms with Crippen LogP contribution in [-0.4, -0.2) is 45.4 Å². The van der Waals surface area contributed by atoms with E-state index in [9.17, 15) is 4.79 Å². The maximum atomic E-state index is 9.75. The smallest absolute Gasteiger partial charge is 0.125 e. The molecule has 0 aromatic rings. The van der Waals surface area contributed by atoms with Gasteiger partial charge in [-0.3, -0.25) is 0 Å². The molecule has 0 aromatic heterocycles. The minimum absolute atomic E-state index is 0.324. The Bertz CT molecular complexity index is 86.9. The van der Waals surface area contributed by atoms with E-state index >= 15 is 0 Å². The molecule has 10 heavy (non-hydrogen) atoms. The number of hydrogen-bond acceptors (Lipinski definition) is 3. The van der Waals surface area contributed by atoms with E-state index in [1.54, 1.807) is 0 Å². The lowest BCUT2D eigenvalue weighted by molar-refractivity contribution is -0.112. The molecule has 0 unspecified atom stereocenters. The standard InChI is InChI=1S/C4H7NO.C3H9N/c6-3-4-1-5-2-4;1-4(2)3/h3-5H,1-2H2;1-3H3. The largest absolute Gasteiger partial charge is 0.315 e. The lowest BCUT2D eigenvalue weighted by Gasteiger charge is -2.20. The van der Waals surface area contributed by atoms with Crippen molar-refractivity contribution < 1.29 is 4.79 Å². The van der Waals surface area contributed by atoms with Crippen LogP contribution in [0, 0.1) is 5.92 Å². The van der Waals surface area contributed by atoms with Crippen molar-refractivity contribution in [2.75, 3.05) is 34.2 Å². The molecular weight excluding hydrogens is 128 g/mol. The molecule has 1 saturated heterocycles. The average Bonchev–Trinajstić information content (AvgIpc) is 1.59. The van der Waals surface area contributed by atoms with E-state index in [1.165, 1.54) is 0 Å². The normalized spacial score (nSPS) is 17.2. The summed E-state index contributed by atoms with van der Waals surface area (Å²) in [5.74, 6) is 0.324. The fourth-order valence-corrected chi connectivity index (χ4v) is 0.407. The first-order chi connectivity index (χ1) is 4.66. The molecule has 3 heteroatoms. The highest BCUT2D eigenvalue weighted by Gasteiger charge is 2.13. The molecule has 1 aliphatic heterocycles. The molecule has 1 fully saturated rings. The molecule has 1 aliphatic rings. The van der Waals surface area contributed by atoms with Gasteiger partial charge < -0.3 is 15.0 Å². The molecule has 3 nitrogen and oxygen atoms in total. The van der Waals surface area contributed by atoms with E-state index < -0.39 is 0 Å². The van der Waals surface area contributed by atoms with Crippen LogP contribution in [0.4, 0.5) is 0 Å². The van der Waals surface area contributed by atoms with Crippen LogP contribution in [-0.2, 0) is 4.79 Å². The molecule has 0 aliphatic carbocycles. The quantitative estimate of drug-likeness (QED) is 0.507. The SMILES string of the molecule is CN(C)C.O=CC1CNC1. The van der Waals surface area contributed by atoms with Crippen molar-refractivity contribution in [2.24, 2.45) is 5.92 Å². The summed E-state index contributed by atoms with van der Waals surface area (Å²) in [6.45, 7) is 1.78. The Labute approximate surface area is 62.4 Å². The number of rotatable bonds is 1. The second-order valence-electron chi connectivity index (χ2n) is 2.90. The van der Waals surface area contributed by atoms with E-state index in [4.69, 9.17) is 0 Å². The molecule has 0 radical (unpaired) electrons. The second-order valence-corrected chi connectivity index (χ2v) is 2.90. The van der Waals surface area contributed by atoms with Crippen LogP contribution in [0.3, 0.4) is 0 Å². The Morgan fingerprint density at radius 3 is 1.80 bits per heavy atom. The number of nitrogens with one attached hydrogen (secondary N) is 1. The van der Waals surface area contributed by atoms with Gasteiger partial charge in [-0.1, -0.05) is 0 Å². The van der Waals surface area contributed by atoms with Gasteiger partial charge in [0, 0.05) is 19.0 Å². The number of carbonyl (C=O) groups is 1. The second kappa shape index (κ2) is 5.38. The Balaban J connectivity index is 0.000000180. The third-order valence-electron chi connectivity index (χ3n) is 1.01. The van der Waals surface area contributed by atoms with Gasteiger partial charge in [0.25, 0.3) is 0 Å². The topological polar surface area (TPSA) is 32.3 Å². The van der Waals surface area contributed by atoms with Crippen LogP contribution in [0.25, 0.3) is 0 Å². The predicted molar refractivity (Wildman–Crippen MR) is 42.0 cm³/mol. The highest BCUT2D eigenvalue weighted by atomic mass is 16.1. The summed E-state index contributed by atoms with van der Waals surface area (Å²) in [6.07, 6.45) is 0.997. The first-order valence-electron chi connectivity index (χ1n) is 3.43. The van der Waals surface area contributed by atoms with E-state index in [0.29, 0.717) is 5.92 Å². The molecule has 0 spiro atoms. The monoisotopic (exact) mass is 144 g/mol. The fraction of sp³-hybridized carbons (Fsp3) is 0.857. The minimum Gasteiger partial charge on any atom is -0.315 e. The lowest BCUT2D eigenvalue weighted by Crippen LogP contribution is -2.42. The van der Waals surface area contributed by atoms with Gasteiger partial charge in [-0.15, -0.1) is 0 Å². The van der Waals surface area contributed by atoms with Gasteiger partial charge in [0.15, 0.2) is 0 Å². The minimum atomic E-state index is 0.324. The van der Waals surface area contributed by atoms with E-state index in [0.717, 1.165) is 19.4 Å². The van der Waals surface area contributed by atoms with Gasteiger partial charge in [-0.2, -0.15) is 0 Å². The van der Waals surface area contributed by atoms with Crippen molar-refractivity contribution in [3.05, 3.63) is 0 Å². The maximum absolute atomic E-state index is 9.75. The van der Waals surface area contributed by atoms with E-state index in [1.807, 2.05) is 26.0 Å². The van der Waals surface area contributed by atoms with Crippen LogP contribution >= 0.6 is 0 Å². The van der Waals surface area contributed by atoms with E-state index in [2.05, 4.69) is 5.32 Å². The number of nitrogens with zero attached hydrogens (tertiary/aromatic N) is 1. The first-order valence-corrected chi connectivity index (χ1v) is 3.43. The van der Waals surface area contributed by atoms with Gasteiger partial charge >= 0.3 is 0 Å². The maximum Gasteiger partial charge on any atom is 0.125 e. The van der Waals surface area contributed by atoms with Gasteiger partial charge in [0.1, 0.15) is 6.29 Å². The molecule has 0 amide bonds. The van der Waals surface area contributed by atoms with Crippen molar-refractivity contribution in [1.82, 2.24) is 10.2 Å². The van der Waals surface area contributed by atoms with E-state index in [-0.39, 0.29) is 0 Å². The summed E-state index contributed by atoms with van der Waals surface area (Å²) in [5.41, 5.74) is 0. The summed E-state index contributed by atoms with van der Waals surface area (Å²) >= 11 is 0. The third-order valence-corrected chi connectivity index (χ3v) is 1.01. The van der Waals surface area contributed by atoms with Crippen molar-refractivity contribution in [1.29, 1.82) is 0 Å². The zero-order chi connectivity index (χ0) is 7.98. The van der Waals surface area contributed by atoms with Crippen LogP contribution < -0.4 is 5.32 Å². The molecule has 0 aromatic carbocycles. The highest BCUT2D eigenvalue weighted by Crippen LogP contribution is 1.94. The Hall–Kier alpha value is -0.410. The summed E-state index contributed by atoms with van der Waals surface area (Å²) in [7, 11) is 6.00. The van der Waals surface area contributed by atoms with Gasteiger partial charge in [0.2, 0.25) is 0 Å². The van der Waals surface area contributed by atoms with Crippen LogP contribution in [0.15, 0.2) is 0 Å². The Morgan fingerprint density at radius 2 is 1.80 bits per heavy atom. The molecule has 1 N–H and O–H groups in total. The average molecular weight is 144 g/mol. The highest BCUT2D eigenvalue weighted by molar-refractivity contribution is 5.55. The van der Waals surface area contributed by atoms with Crippen molar-refractivity contribution >= 4 is 6.29 Å². The first kappa shape index (κ1) is 9.59. The zero-order valence-electron chi connectivity index (χ0n) is 6.92. The van der Waals surface area contributed by atoms with Gasteiger partial charge in [0.05, 0.1) is 0 Å². The fourth-order valence-electron chi connectivity index (χ4n) is 0.407. The lowest BCUT2D eigenvalue weighted by atomic mass is 10.1.